The Labute approximate surface area is 240 Å². The Bertz CT molecular complexity index is 1700. The van der Waals surface area contributed by atoms with E-state index in [2.05, 4.69) is 10.5 Å². The summed E-state index contributed by atoms with van der Waals surface area (Å²) in [6.07, 6.45) is 1.46. The average Bonchev–Trinajstić information content (AvgIpc) is 2.98. The molecule has 0 saturated heterocycles. The molecular weight excluding hydrogens is 547 g/mol. The molecule has 6 nitrogen and oxygen atoms in total. The maximum atomic E-state index is 13.0. The molecule has 1 N–H and O–H groups in total. The molecular formula is C32H22Cl2N2O4. The molecule has 5 aromatic rings. The number of benzene rings is 5. The number of hydrogen-bond acceptors (Lipinski definition) is 5. The SMILES string of the molecule is O=C(Oc1ccc2ccccc2c1/C=N/NC(=O)c1ccccc1OCc1ccc(Cl)cc1)c1ccc(Cl)cc1. The van der Waals surface area contributed by atoms with Crippen molar-refractivity contribution in [2.75, 3.05) is 0 Å². The predicted molar refractivity (Wildman–Crippen MR) is 158 cm³/mol. The van der Waals surface area contributed by atoms with E-state index in [1.807, 2.05) is 42.5 Å². The van der Waals surface area contributed by atoms with E-state index >= 15 is 0 Å². The lowest BCUT2D eigenvalue weighted by atomic mass is 10.0. The van der Waals surface area contributed by atoms with E-state index in [1.165, 1.54) is 6.21 Å². The van der Waals surface area contributed by atoms with Gasteiger partial charge in [-0.2, -0.15) is 5.10 Å². The molecule has 0 aliphatic carbocycles. The van der Waals surface area contributed by atoms with E-state index in [1.54, 1.807) is 66.7 Å². The van der Waals surface area contributed by atoms with E-state index in [-0.39, 0.29) is 6.61 Å². The second-order valence-electron chi connectivity index (χ2n) is 8.71. The maximum absolute atomic E-state index is 13.0. The molecule has 8 heteroatoms. The van der Waals surface area contributed by atoms with Crippen LogP contribution in [0.2, 0.25) is 10.0 Å². The molecule has 0 atom stereocenters. The average molecular weight is 569 g/mol. The number of esters is 1. The van der Waals surface area contributed by atoms with Crippen LogP contribution < -0.4 is 14.9 Å². The number of fused-ring (bicyclic) bond motifs is 1. The summed E-state index contributed by atoms with van der Waals surface area (Å²) in [5.41, 5.74) is 4.67. The number of nitrogens with zero attached hydrogens (tertiary/aromatic N) is 1. The summed E-state index contributed by atoms with van der Waals surface area (Å²) in [7, 11) is 0. The summed E-state index contributed by atoms with van der Waals surface area (Å²) in [6, 6.07) is 31.7. The van der Waals surface area contributed by atoms with Crippen LogP contribution >= 0.6 is 23.2 Å². The van der Waals surface area contributed by atoms with E-state index in [4.69, 9.17) is 32.7 Å². The zero-order valence-corrected chi connectivity index (χ0v) is 22.5. The van der Waals surface area contributed by atoms with Crippen LogP contribution in [0, 0.1) is 0 Å². The number of hydrogen-bond donors (Lipinski definition) is 1. The molecule has 5 rings (SSSR count). The second kappa shape index (κ2) is 12.5. The van der Waals surface area contributed by atoms with Crippen LogP contribution in [0.4, 0.5) is 0 Å². The summed E-state index contributed by atoms with van der Waals surface area (Å²) in [5, 5.41) is 7.06. The summed E-state index contributed by atoms with van der Waals surface area (Å²) in [4.78, 5) is 25.8. The van der Waals surface area contributed by atoms with Gasteiger partial charge >= 0.3 is 5.97 Å². The normalized spacial score (nSPS) is 10.9. The van der Waals surface area contributed by atoms with Crippen molar-refractivity contribution < 1.29 is 19.1 Å². The number of rotatable bonds is 8. The van der Waals surface area contributed by atoms with Crippen molar-refractivity contribution in [3.8, 4) is 11.5 Å². The minimum Gasteiger partial charge on any atom is -0.488 e. The van der Waals surface area contributed by atoms with Gasteiger partial charge in [0.25, 0.3) is 5.91 Å². The molecule has 1 amide bonds. The lowest BCUT2D eigenvalue weighted by molar-refractivity contribution is 0.0734. The maximum Gasteiger partial charge on any atom is 0.343 e. The number of hydrazone groups is 1. The molecule has 0 heterocycles. The first kappa shape index (κ1) is 26.9. The topological polar surface area (TPSA) is 77.0 Å². The fourth-order valence-electron chi connectivity index (χ4n) is 3.98. The van der Waals surface area contributed by atoms with Gasteiger partial charge in [-0.1, -0.05) is 77.8 Å². The molecule has 0 fully saturated rings. The fraction of sp³-hybridized carbons (Fsp3) is 0.0312. The molecule has 0 unspecified atom stereocenters. The van der Waals surface area contributed by atoms with Crippen molar-refractivity contribution in [2.45, 2.75) is 6.61 Å². The Balaban J connectivity index is 1.35. The van der Waals surface area contributed by atoms with Crippen molar-refractivity contribution in [2.24, 2.45) is 5.10 Å². The van der Waals surface area contributed by atoms with Crippen molar-refractivity contribution in [1.82, 2.24) is 5.43 Å². The van der Waals surface area contributed by atoms with Gasteiger partial charge in [0.05, 0.1) is 17.3 Å². The van der Waals surface area contributed by atoms with Crippen LogP contribution in [0.1, 0.15) is 31.8 Å². The lowest BCUT2D eigenvalue weighted by Gasteiger charge is -2.12. The highest BCUT2D eigenvalue weighted by Crippen LogP contribution is 2.28. The van der Waals surface area contributed by atoms with Crippen molar-refractivity contribution in [3.63, 3.8) is 0 Å². The minimum absolute atomic E-state index is 0.267. The third kappa shape index (κ3) is 6.49. The number of carbonyl (C=O) groups is 2. The predicted octanol–water partition coefficient (Wildman–Crippen LogP) is 7.71. The minimum atomic E-state index is -0.544. The highest BCUT2D eigenvalue weighted by Gasteiger charge is 2.15. The molecule has 0 saturated carbocycles. The van der Waals surface area contributed by atoms with Gasteiger partial charge in [-0.3, -0.25) is 4.79 Å². The van der Waals surface area contributed by atoms with E-state index in [9.17, 15) is 9.59 Å². The summed E-state index contributed by atoms with van der Waals surface area (Å²) >= 11 is 11.9. The molecule has 0 radical (unpaired) electrons. The summed E-state index contributed by atoms with van der Waals surface area (Å²) in [6.45, 7) is 0.267. The quantitative estimate of drug-likeness (QED) is 0.0899. The largest absolute Gasteiger partial charge is 0.488 e. The van der Waals surface area contributed by atoms with Crippen LogP contribution in [0.3, 0.4) is 0 Å². The number of carbonyl (C=O) groups excluding carboxylic acids is 2. The Morgan fingerprint density at radius 3 is 2.20 bits per heavy atom. The first-order chi connectivity index (χ1) is 19.5. The van der Waals surface area contributed by atoms with Gasteiger partial charge in [-0.15, -0.1) is 0 Å². The number of para-hydroxylation sites is 1. The van der Waals surface area contributed by atoms with Crippen molar-refractivity contribution >= 4 is 52.1 Å². The highest BCUT2D eigenvalue weighted by atomic mass is 35.5. The number of nitrogens with one attached hydrogen (secondary N) is 1. The van der Waals surface area contributed by atoms with Crippen LogP contribution in [0.25, 0.3) is 10.8 Å². The van der Waals surface area contributed by atoms with Gasteiger partial charge in [0, 0.05) is 15.6 Å². The van der Waals surface area contributed by atoms with Gasteiger partial charge in [-0.05, 0) is 70.9 Å². The third-order valence-electron chi connectivity index (χ3n) is 6.01. The van der Waals surface area contributed by atoms with E-state index in [0.29, 0.717) is 38.2 Å². The first-order valence-corrected chi connectivity index (χ1v) is 13.0. The molecule has 198 valence electrons. The van der Waals surface area contributed by atoms with Crippen LogP contribution in [-0.4, -0.2) is 18.1 Å². The second-order valence-corrected chi connectivity index (χ2v) is 9.58. The standard InChI is InChI=1S/C32H22Cl2N2O4/c33-24-14-9-21(10-15-24)20-39-29-8-4-3-7-27(29)31(37)36-35-19-28-26-6-2-1-5-22(26)13-18-30(28)40-32(38)23-11-16-25(34)17-12-23/h1-19H,20H2,(H,36,37)/b35-19+. The number of amides is 1. The Kier molecular flexibility index (Phi) is 8.40. The zero-order valence-electron chi connectivity index (χ0n) is 21.0. The van der Waals surface area contributed by atoms with Gasteiger partial charge < -0.3 is 9.47 Å². The summed E-state index contributed by atoms with van der Waals surface area (Å²) in [5.74, 6) is -0.295. The number of ether oxygens (including phenoxy) is 2. The van der Waals surface area contributed by atoms with E-state index in [0.717, 1.165) is 16.3 Å². The molecule has 40 heavy (non-hydrogen) atoms. The lowest BCUT2D eigenvalue weighted by Crippen LogP contribution is -2.19. The van der Waals surface area contributed by atoms with Crippen LogP contribution in [0.15, 0.2) is 114 Å². The van der Waals surface area contributed by atoms with Crippen LogP contribution in [-0.2, 0) is 6.61 Å². The molecule has 0 bridgehead atoms. The first-order valence-electron chi connectivity index (χ1n) is 12.3. The Hall–Kier alpha value is -4.65. The van der Waals surface area contributed by atoms with Gasteiger partial charge in [0.1, 0.15) is 18.1 Å². The molecule has 0 spiro atoms. The molecule has 0 aliphatic heterocycles. The monoisotopic (exact) mass is 568 g/mol. The third-order valence-corrected chi connectivity index (χ3v) is 6.52. The summed E-state index contributed by atoms with van der Waals surface area (Å²) < 4.78 is 11.6. The Morgan fingerprint density at radius 2 is 1.43 bits per heavy atom. The fourth-order valence-corrected chi connectivity index (χ4v) is 4.23. The highest BCUT2D eigenvalue weighted by molar-refractivity contribution is 6.30. The molecule has 5 aromatic carbocycles. The van der Waals surface area contributed by atoms with Gasteiger partial charge in [0.2, 0.25) is 0 Å². The Morgan fingerprint density at radius 1 is 0.750 bits per heavy atom. The molecule has 0 aliphatic rings. The number of halogens is 2. The van der Waals surface area contributed by atoms with E-state index < -0.39 is 11.9 Å². The van der Waals surface area contributed by atoms with Crippen molar-refractivity contribution in [3.05, 3.63) is 141 Å². The van der Waals surface area contributed by atoms with Crippen LogP contribution in [0.5, 0.6) is 11.5 Å². The zero-order chi connectivity index (χ0) is 27.9. The van der Waals surface area contributed by atoms with Gasteiger partial charge in [-0.25, -0.2) is 10.2 Å². The molecule has 0 aromatic heterocycles. The van der Waals surface area contributed by atoms with Crippen molar-refractivity contribution in [1.29, 1.82) is 0 Å². The van der Waals surface area contributed by atoms with Gasteiger partial charge in [0.15, 0.2) is 0 Å². The smallest absolute Gasteiger partial charge is 0.343 e.